The van der Waals surface area contributed by atoms with Gasteiger partial charge in [0.1, 0.15) is 5.60 Å². The monoisotopic (exact) mass is 381 g/mol. The number of nitrogens with zero attached hydrogens (tertiary/aromatic N) is 1. The third kappa shape index (κ3) is 8.68. The van der Waals surface area contributed by atoms with Gasteiger partial charge >= 0.3 is 6.09 Å². The van der Waals surface area contributed by atoms with Crippen LogP contribution in [0.15, 0.2) is 12.2 Å². The molecule has 2 unspecified atom stereocenters. The zero-order chi connectivity index (χ0) is 20.5. The number of aliphatic hydroxyl groups is 1. The van der Waals surface area contributed by atoms with E-state index in [1.807, 2.05) is 40.7 Å². The van der Waals surface area contributed by atoms with Gasteiger partial charge < -0.3 is 9.84 Å². The summed E-state index contributed by atoms with van der Waals surface area (Å²) < 4.78 is 5.59. The molecule has 2 atom stereocenters. The molecule has 1 rings (SSSR count). The molecule has 4 nitrogen and oxygen atoms in total. The molecule has 0 aliphatic carbocycles. The van der Waals surface area contributed by atoms with Crippen molar-refractivity contribution in [1.82, 2.24) is 4.90 Å². The minimum Gasteiger partial charge on any atom is -0.444 e. The first-order valence-electron chi connectivity index (χ1n) is 11.0. The van der Waals surface area contributed by atoms with Crippen molar-refractivity contribution < 1.29 is 14.6 Å². The fourth-order valence-electron chi connectivity index (χ4n) is 3.80. The predicted molar refractivity (Wildman–Crippen MR) is 113 cm³/mol. The maximum Gasteiger partial charge on any atom is 0.411 e. The lowest BCUT2D eigenvalue weighted by atomic mass is 10.0. The fraction of sp³-hybridized carbons (Fsp3) is 0.870. The number of hydrogen-bond acceptors (Lipinski definition) is 3. The van der Waals surface area contributed by atoms with Gasteiger partial charge in [0.05, 0.1) is 12.1 Å². The molecule has 0 spiro atoms. The number of unbranched alkanes of at least 4 members (excludes halogenated alkanes) is 7. The second-order valence-corrected chi connectivity index (χ2v) is 9.60. The van der Waals surface area contributed by atoms with Crippen LogP contribution in [0.2, 0.25) is 0 Å². The van der Waals surface area contributed by atoms with Crippen molar-refractivity contribution in [3.05, 3.63) is 12.2 Å². The van der Waals surface area contributed by atoms with E-state index in [0.717, 1.165) is 19.3 Å². The van der Waals surface area contributed by atoms with Crippen molar-refractivity contribution in [2.24, 2.45) is 0 Å². The highest BCUT2D eigenvalue weighted by Crippen LogP contribution is 2.36. The summed E-state index contributed by atoms with van der Waals surface area (Å²) in [5.41, 5.74) is -0.821. The average Bonchev–Trinajstić information content (AvgIpc) is 2.87. The van der Waals surface area contributed by atoms with E-state index in [4.69, 9.17) is 4.74 Å². The molecule has 4 heteroatoms. The Bertz CT molecular complexity index is 465. The predicted octanol–water partition coefficient (Wildman–Crippen LogP) is 6.22. The van der Waals surface area contributed by atoms with Crippen LogP contribution in [0.1, 0.15) is 106 Å². The molecule has 0 bridgehead atoms. The smallest absolute Gasteiger partial charge is 0.411 e. The largest absolute Gasteiger partial charge is 0.444 e. The van der Waals surface area contributed by atoms with Crippen LogP contribution in [0.4, 0.5) is 4.79 Å². The maximum absolute atomic E-state index is 12.7. The zero-order valence-corrected chi connectivity index (χ0v) is 18.6. The standard InChI is InChI=1S/C23H43NO3/c1-7-8-9-10-11-12-13-14-15-16-20(25)19-17-18-23(5,6)24(19)21(26)27-22(2,3)4/h15-16,19-20,25H,7-14,17-18H2,1-6H3/b16-15+. The molecular formula is C23H43NO3. The minimum absolute atomic E-state index is 0.208. The highest BCUT2D eigenvalue weighted by Gasteiger charge is 2.46. The number of aliphatic hydroxyl groups excluding tert-OH is 1. The lowest BCUT2D eigenvalue weighted by molar-refractivity contribution is -0.00962. The Balaban J connectivity index is 2.47. The number of carbonyl (C=O) groups is 1. The Hall–Kier alpha value is -1.03. The summed E-state index contributed by atoms with van der Waals surface area (Å²) in [6.07, 6.45) is 14.7. The van der Waals surface area contributed by atoms with Gasteiger partial charge in [-0.2, -0.15) is 0 Å². The second-order valence-electron chi connectivity index (χ2n) is 9.60. The summed E-state index contributed by atoms with van der Waals surface area (Å²) in [6.45, 7) is 12.0. The van der Waals surface area contributed by atoms with Gasteiger partial charge in [0.2, 0.25) is 0 Å². The SMILES string of the molecule is CCCCCCCCC/C=C/C(O)C1CCC(C)(C)N1C(=O)OC(C)(C)C. The molecule has 27 heavy (non-hydrogen) atoms. The van der Waals surface area contributed by atoms with Gasteiger partial charge in [-0.15, -0.1) is 0 Å². The Morgan fingerprint density at radius 1 is 1.19 bits per heavy atom. The number of hydrogen-bond donors (Lipinski definition) is 1. The van der Waals surface area contributed by atoms with E-state index in [-0.39, 0.29) is 17.7 Å². The Morgan fingerprint density at radius 3 is 2.37 bits per heavy atom. The number of carbonyl (C=O) groups excluding carboxylic acids is 1. The van der Waals surface area contributed by atoms with Crippen LogP contribution in [0.25, 0.3) is 0 Å². The van der Waals surface area contributed by atoms with E-state index in [0.29, 0.717) is 0 Å². The molecule has 1 heterocycles. The summed E-state index contributed by atoms with van der Waals surface area (Å²) >= 11 is 0. The molecule has 0 aromatic rings. The number of amides is 1. The van der Waals surface area contributed by atoms with Crippen molar-refractivity contribution in [1.29, 1.82) is 0 Å². The fourth-order valence-corrected chi connectivity index (χ4v) is 3.80. The molecule has 158 valence electrons. The quantitative estimate of drug-likeness (QED) is 0.361. The van der Waals surface area contributed by atoms with Crippen molar-refractivity contribution >= 4 is 6.09 Å². The second kappa shape index (κ2) is 11.1. The van der Waals surface area contributed by atoms with Gasteiger partial charge in [0.15, 0.2) is 0 Å². The lowest BCUT2D eigenvalue weighted by Crippen LogP contribution is -2.52. The Kier molecular flexibility index (Phi) is 9.86. The van der Waals surface area contributed by atoms with Crippen molar-refractivity contribution in [3.8, 4) is 0 Å². The summed E-state index contributed by atoms with van der Waals surface area (Å²) in [5, 5.41) is 10.7. The molecule has 1 N–H and O–H groups in total. The normalized spacial score (nSPS) is 21.0. The van der Waals surface area contributed by atoms with Gasteiger partial charge in [0, 0.05) is 5.54 Å². The third-order valence-corrected chi connectivity index (χ3v) is 5.33. The average molecular weight is 382 g/mol. The highest BCUT2D eigenvalue weighted by atomic mass is 16.6. The first-order valence-corrected chi connectivity index (χ1v) is 11.0. The maximum atomic E-state index is 12.7. The number of likely N-dealkylation sites (tertiary alicyclic amines) is 1. The molecule has 0 saturated carbocycles. The van der Waals surface area contributed by atoms with Crippen LogP contribution in [0.5, 0.6) is 0 Å². The molecule has 0 aromatic carbocycles. The molecule has 1 aliphatic rings. The Labute approximate surface area is 167 Å². The summed E-state index contributed by atoms with van der Waals surface area (Å²) in [5.74, 6) is 0. The Morgan fingerprint density at radius 2 is 1.78 bits per heavy atom. The topological polar surface area (TPSA) is 49.8 Å². The lowest BCUT2D eigenvalue weighted by Gasteiger charge is -2.38. The van der Waals surface area contributed by atoms with Crippen LogP contribution in [-0.4, -0.2) is 39.4 Å². The van der Waals surface area contributed by atoms with E-state index < -0.39 is 11.7 Å². The highest BCUT2D eigenvalue weighted by molar-refractivity contribution is 5.70. The van der Waals surface area contributed by atoms with Crippen LogP contribution < -0.4 is 0 Å². The van der Waals surface area contributed by atoms with Gasteiger partial charge in [0.25, 0.3) is 0 Å². The van der Waals surface area contributed by atoms with Crippen molar-refractivity contribution in [3.63, 3.8) is 0 Å². The summed E-state index contributed by atoms with van der Waals surface area (Å²) in [4.78, 5) is 14.4. The molecule has 0 aromatic heterocycles. The van der Waals surface area contributed by atoms with E-state index in [1.165, 1.54) is 44.9 Å². The van der Waals surface area contributed by atoms with Gasteiger partial charge in [-0.3, -0.25) is 4.90 Å². The zero-order valence-electron chi connectivity index (χ0n) is 18.6. The van der Waals surface area contributed by atoms with Gasteiger partial charge in [-0.25, -0.2) is 4.79 Å². The first-order chi connectivity index (χ1) is 12.6. The van der Waals surface area contributed by atoms with Crippen LogP contribution >= 0.6 is 0 Å². The number of allylic oxidation sites excluding steroid dienone is 1. The first kappa shape index (κ1) is 24.0. The van der Waals surface area contributed by atoms with Crippen LogP contribution in [0, 0.1) is 0 Å². The molecule has 0 radical (unpaired) electrons. The van der Waals surface area contributed by atoms with Gasteiger partial charge in [-0.05, 0) is 60.3 Å². The van der Waals surface area contributed by atoms with Crippen LogP contribution in [0.3, 0.4) is 0 Å². The number of rotatable bonds is 10. The number of ether oxygens (including phenoxy) is 1. The van der Waals surface area contributed by atoms with Crippen molar-refractivity contribution in [2.45, 2.75) is 129 Å². The molecule has 1 fully saturated rings. The van der Waals surface area contributed by atoms with Crippen molar-refractivity contribution in [2.75, 3.05) is 0 Å². The van der Waals surface area contributed by atoms with E-state index in [2.05, 4.69) is 13.0 Å². The molecular weight excluding hydrogens is 338 g/mol. The molecule has 1 amide bonds. The molecule has 1 saturated heterocycles. The summed E-state index contributed by atoms with van der Waals surface area (Å²) in [6, 6.07) is -0.208. The van der Waals surface area contributed by atoms with E-state index in [1.54, 1.807) is 4.90 Å². The van der Waals surface area contributed by atoms with Gasteiger partial charge in [-0.1, -0.05) is 57.6 Å². The minimum atomic E-state index is -0.635. The van der Waals surface area contributed by atoms with E-state index in [9.17, 15) is 9.90 Å². The molecule has 1 aliphatic heterocycles. The van der Waals surface area contributed by atoms with E-state index >= 15 is 0 Å². The van der Waals surface area contributed by atoms with Crippen LogP contribution in [-0.2, 0) is 4.74 Å². The third-order valence-electron chi connectivity index (χ3n) is 5.33. The summed E-state index contributed by atoms with van der Waals surface area (Å²) in [7, 11) is 0.